The Kier molecular flexibility index (Phi) is 3.91. The van der Waals surface area contributed by atoms with Crippen LogP contribution in [0.4, 0.5) is 5.69 Å². The molecule has 18 heavy (non-hydrogen) atoms. The summed E-state index contributed by atoms with van der Waals surface area (Å²) >= 11 is 0. The quantitative estimate of drug-likeness (QED) is 0.873. The Morgan fingerprint density at radius 1 is 1.39 bits per heavy atom. The third kappa shape index (κ3) is 2.51. The molecular formula is C15H25N3. The van der Waals surface area contributed by atoms with E-state index in [4.69, 9.17) is 5.73 Å². The lowest BCUT2D eigenvalue weighted by Gasteiger charge is -2.38. The van der Waals surface area contributed by atoms with E-state index in [9.17, 15) is 0 Å². The summed E-state index contributed by atoms with van der Waals surface area (Å²) < 4.78 is 0. The molecular weight excluding hydrogens is 222 g/mol. The van der Waals surface area contributed by atoms with Crippen LogP contribution in [0.3, 0.4) is 0 Å². The Labute approximate surface area is 110 Å². The van der Waals surface area contributed by atoms with Crippen molar-refractivity contribution in [3.05, 3.63) is 23.0 Å². The summed E-state index contributed by atoms with van der Waals surface area (Å²) in [6, 6.07) is 0.641. The lowest BCUT2D eigenvalue weighted by Crippen LogP contribution is -2.42. The predicted octanol–water partition coefficient (Wildman–Crippen LogP) is 2.90. The van der Waals surface area contributed by atoms with Crippen LogP contribution in [0.2, 0.25) is 0 Å². The maximum absolute atomic E-state index is 6.09. The SMILES string of the molecule is Cc1cnc(CN2CCCC(C)C2C)c(C)c1N. The van der Waals surface area contributed by atoms with Gasteiger partial charge in [0, 0.05) is 24.5 Å². The highest BCUT2D eigenvalue weighted by atomic mass is 15.2. The van der Waals surface area contributed by atoms with E-state index in [1.807, 2.05) is 13.1 Å². The second-order valence-electron chi connectivity index (χ2n) is 5.76. The third-order valence-electron chi connectivity index (χ3n) is 4.53. The van der Waals surface area contributed by atoms with Gasteiger partial charge in [0.2, 0.25) is 0 Å². The number of nitrogens with two attached hydrogens (primary N) is 1. The number of rotatable bonds is 2. The van der Waals surface area contributed by atoms with Crippen LogP contribution < -0.4 is 5.73 Å². The molecule has 1 aromatic rings. The van der Waals surface area contributed by atoms with Crippen LogP contribution in [-0.4, -0.2) is 22.5 Å². The molecule has 0 spiro atoms. The van der Waals surface area contributed by atoms with Gasteiger partial charge >= 0.3 is 0 Å². The van der Waals surface area contributed by atoms with Gasteiger partial charge in [-0.25, -0.2) is 0 Å². The topological polar surface area (TPSA) is 42.2 Å². The summed E-state index contributed by atoms with van der Waals surface area (Å²) in [5, 5.41) is 0. The van der Waals surface area contributed by atoms with Crippen molar-refractivity contribution < 1.29 is 0 Å². The predicted molar refractivity (Wildman–Crippen MR) is 76.4 cm³/mol. The van der Waals surface area contributed by atoms with E-state index in [-0.39, 0.29) is 0 Å². The van der Waals surface area contributed by atoms with Crippen molar-refractivity contribution in [2.24, 2.45) is 5.92 Å². The van der Waals surface area contributed by atoms with E-state index in [0.717, 1.165) is 35.0 Å². The number of aryl methyl sites for hydroxylation is 1. The van der Waals surface area contributed by atoms with Gasteiger partial charge in [-0.2, -0.15) is 0 Å². The minimum absolute atomic E-state index is 0.641. The minimum atomic E-state index is 0.641. The fourth-order valence-electron chi connectivity index (χ4n) is 2.79. The van der Waals surface area contributed by atoms with Crippen LogP contribution in [0.5, 0.6) is 0 Å². The lowest BCUT2D eigenvalue weighted by molar-refractivity contribution is 0.105. The smallest absolute Gasteiger partial charge is 0.0593 e. The monoisotopic (exact) mass is 247 g/mol. The highest BCUT2D eigenvalue weighted by Crippen LogP contribution is 2.26. The Hall–Kier alpha value is -1.09. The molecule has 2 unspecified atom stereocenters. The molecule has 3 heteroatoms. The standard InChI is InChI=1S/C15H25N3/c1-10-6-5-7-18(13(10)4)9-14-12(3)15(16)11(2)8-17-14/h8,10,13H,5-7,9H2,1-4H3,(H2,16,17). The van der Waals surface area contributed by atoms with Gasteiger partial charge in [0.25, 0.3) is 0 Å². The van der Waals surface area contributed by atoms with Crippen LogP contribution >= 0.6 is 0 Å². The Balaban J connectivity index is 2.16. The normalized spacial score (nSPS) is 25.3. The zero-order valence-corrected chi connectivity index (χ0v) is 12.0. The van der Waals surface area contributed by atoms with Crippen molar-refractivity contribution in [3.63, 3.8) is 0 Å². The largest absolute Gasteiger partial charge is 0.398 e. The van der Waals surface area contributed by atoms with Crippen LogP contribution in [0.1, 0.15) is 43.5 Å². The molecule has 2 atom stereocenters. The van der Waals surface area contributed by atoms with Gasteiger partial charge < -0.3 is 5.73 Å². The van der Waals surface area contributed by atoms with Gasteiger partial charge in [-0.05, 0) is 57.2 Å². The Bertz CT molecular complexity index is 428. The van der Waals surface area contributed by atoms with Gasteiger partial charge in [0.15, 0.2) is 0 Å². The van der Waals surface area contributed by atoms with E-state index in [1.165, 1.54) is 19.4 Å². The molecule has 2 heterocycles. The van der Waals surface area contributed by atoms with Gasteiger partial charge in [-0.3, -0.25) is 9.88 Å². The van der Waals surface area contributed by atoms with Crippen molar-refractivity contribution in [1.29, 1.82) is 0 Å². The van der Waals surface area contributed by atoms with Crippen molar-refractivity contribution in [3.8, 4) is 0 Å². The second-order valence-corrected chi connectivity index (χ2v) is 5.76. The number of hydrogen-bond acceptors (Lipinski definition) is 3. The fourth-order valence-corrected chi connectivity index (χ4v) is 2.79. The summed E-state index contributed by atoms with van der Waals surface area (Å²) in [5.41, 5.74) is 10.4. The molecule has 1 aliphatic heterocycles. The molecule has 0 radical (unpaired) electrons. The number of hydrogen-bond donors (Lipinski definition) is 1. The Morgan fingerprint density at radius 2 is 2.11 bits per heavy atom. The summed E-state index contributed by atoms with van der Waals surface area (Å²) in [7, 11) is 0. The van der Waals surface area contributed by atoms with E-state index < -0.39 is 0 Å². The molecule has 1 fully saturated rings. The van der Waals surface area contributed by atoms with Crippen LogP contribution in [-0.2, 0) is 6.54 Å². The fraction of sp³-hybridized carbons (Fsp3) is 0.667. The summed E-state index contributed by atoms with van der Waals surface area (Å²) in [5.74, 6) is 0.779. The molecule has 1 aromatic heterocycles. The first-order valence-corrected chi connectivity index (χ1v) is 6.95. The molecule has 2 N–H and O–H groups in total. The molecule has 0 aromatic carbocycles. The zero-order chi connectivity index (χ0) is 13.3. The summed E-state index contributed by atoms with van der Waals surface area (Å²) in [4.78, 5) is 7.11. The lowest BCUT2D eigenvalue weighted by atomic mass is 9.92. The highest BCUT2D eigenvalue weighted by molar-refractivity contribution is 5.53. The minimum Gasteiger partial charge on any atom is -0.398 e. The van der Waals surface area contributed by atoms with Crippen LogP contribution in [0.25, 0.3) is 0 Å². The maximum Gasteiger partial charge on any atom is 0.0593 e. The highest BCUT2D eigenvalue weighted by Gasteiger charge is 2.25. The molecule has 100 valence electrons. The molecule has 1 saturated heterocycles. The number of likely N-dealkylation sites (tertiary alicyclic amines) is 1. The summed E-state index contributed by atoms with van der Waals surface area (Å²) in [6.07, 6.45) is 4.54. The van der Waals surface area contributed by atoms with Crippen molar-refractivity contribution in [2.75, 3.05) is 12.3 Å². The van der Waals surface area contributed by atoms with E-state index >= 15 is 0 Å². The number of aromatic nitrogens is 1. The van der Waals surface area contributed by atoms with Gasteiger partial charge in [-0.15, -0.1) is 0 Å². The number of nitrogens with zero attached hydrogens (tertiary/aromatic N) is 2. The zero-order valence-electron chi connectivity index (χ0n) is 12.0. The number of anilines is 1. The maximum atomic E-state index is 6.09. The number of pyridine rings is 1. The van der Waals surface area contributed by atoms with E-state index in [2.05, 4.69) is 30.7 Å². The van der Waals surface area contributed by atoms with Crippen molar-refractivity contribution >= 4 is 5.69 Å². The molecule has 0 amide bonds. The molecule has 1 aliphatic rings. The van der Waals surface area contributed by atoms with Crippen LogP contribution in [0, 0.1) is 19.8 Å². The van der Waals surface area contributed by atoms with Crippen molar-refractivity contribution in [1.82, 2.24) is 9.88 Å². The van der Waals surface area contributed by atoms with Crippen LogP contribution in [0.15, 0.2) is 6.20 Å². The second kappa shape index (κ2) is 5.27. The van der Waals surface area contributed by atoms with Crippen molar-refractivity contribution in [2.45, 2.75) is 53.1 Å². The number of piperidine rings is 1. The van der Waals surface area contributed by atoms with E-state index in [1.54, 1.807) is 0 Å². The molecule has 0 aliphatic carbocycles. The molecule has 0 saturated carbocycles. The van der Waals surface area contributed by atoms with Gasteiger partial charge in [-0.1, -0.05) is 6.92 Å². The first kappa shape index (κ1) is 13.3. The molecule has 2 rings (SSSR count). The Morgan fingerprint density at radius 3 is 2.83 bits per heavy atom. The summed E-state index contributed by atoms with van der Waals surface area (Å²) in [6.45, 7) is 10.9. The first-order chi connectivity index (χ1) is 8.50. The number of nitrogen functional groups attached to an aromatic ring is 1. The first-order valence-electron chi connectivity index (χ1n) is 6.95. The van der Waals surface area contributed by atoms with Gasteiger partial charge in [0.1, 0.15) is 0 Å². The third-order valence-corrected chi connectivity index (χ3v) is 4.53. The average Bonchev–Trinajstić information content (AvgIpc) is 2.35. The van der Waals surface area contributed by atoms with Gasteiger partial charge in [0.05, 0.1) is 5.69 Å². The molecule has 3 nitrogen and oxygen atoms in total. The average molecular weight is 247 g/mol. The van der Waals surface area contributed by atoms with E-state index in [0.29, 0.717) is 6.04 Å². The molecule has 0 bridgehead atoms.